The topological polar surface area (TPSA) is 43.7 Å². The maximum atomic E-state index is 12.7. The molecular weight excluding hydrogens is 434 g/mol. The molecule has 2 heterocycles. The fourth-order valence-electron chi connectivity index (χ4n) is 3.44. The first kappa shape index (κ1) is 22.6. The Morgan fingerprint density at radius 1 is 1.22 bits per heavy atom. The minimum atomic E-state index is -2.00. The van der Waals surface area contributed by atoms with Gasteiger partial charge < -0.3 is 14.0 Å². The van der Waals surface area contributed by atoms with Gasteiger partial charge in [-0.1, -0.05) is 46.9 Å². The van der Waals surface area contributed by atoms with E-state index >= 15 is 0 Å². The molecule has 1 saturated heterocycles. The summed E-state index contributed by atoms with van der Waals surface area (Å²) in [7, 11) is 1.61. The second-order valence-electron chi connectivity index (χ2n) is 6.25. The van der Waals surface area contributed by atoms with E-state index in [0.29, 0.717) is 17.9 Å². The Labute approximate surface area is 179 Å². The van der Waals surface area contributed by atoms with Crippen LogP contribution in [0.1, 0.15) is 16.1 Å². The number of carbonyl (C=O) groups is 1. The van der Waals surface area contributed by atoms with Gasteiger partial charge in [-0.2, -0.15) is 0 Å². The van der Waals surface area contributed by atoms with E-state index in [1.54, 1.807) is 7.11 Å². The van der Waals surface area contributed by atoms with Crippen molar-refractivity contribution in [2.75, 3.05) is 40.0 Å². The number of halogens is 4. The number of ketones is 1. The molecule has 1 aromatic heterocycles. The molecule has 1 aliphatic rings. The van der Waals surface area contributed by atoms with Gasteiger partial charge >= 0.3 is 0 Å². The quantitative estimate of drug-likeness (QED) is 0.498. The second-order valence-corrected chi connectivity index (χ2v) is 8.53. The predicted molar refractivity (Wildman–Crippen MR) is 112 cm³/mol. The zero-order valence-corrected chi connectivity index (χ0v) is 18.2. The van der Waals surface area contributed by atoms with Crippen molar-refractivity contribution in [3.8, 4) is 5.75 Å². The third kappa shape index (κ3) is 4.66. The molecule has 150 valence electrons. The Kier molecular flexibility index (Phi) is 7.70. The lowest BCUT2D eigenvalue weighted by atomic mass is 10.1. The average molecular weight is 456 g/mol. The van der Waals surface area contributed by atoms with Gasteiger partial charge in [0.2, 0.25) is 5.78 Å². The largest absolute Gasteiger partial charge is 0.495 e. The zero-order valence-electron chi connectivity index (χ0n) is 15.1. The van der Waals surface area contributed by atoms with Crippen LogP contribution in [0.4, 0.5) is 0 Å². The van der Waals surface area contributed by atoms with Crippen LogP contribution in [0.15, 0.2) is 18.2 Å². The lowest BCUT2D eigenvalue weighted by molar-refractivity contribution is 0.0365. The molecule has 9 heteroatoms. The lowest BCUT2D eigenvalue weighted by Crippen LogP contribution is -2.38. The molecule has 0 bridgehead atoms. The number of ether oxygens (including phenoxy) is 2. The van der Waals surface area contributed by atoms with Crippen LogP contribution < -0.4 is 4.74 Å². The first-order valence-corrected chi connectivity index (χ1v) is 9.55. The van der Waals surface area contributed by atoms with Crippen molar-refractivity contribution in [1.29, 1.82) is 0 Å². The Balaban J connectivity index is 0.00000261. The molecule has 2 aromatic rings. The van der Waals surface area contributed by atoms with Crippen molar-refractivity contribution in [2.45, 2.75) is 17.3 Å². The lowest BCUT2D eigenvalue weighted by Gasteiger charge is -2.27. The van der Waals surface area contributed by atoms with Crippen LogP contribution in [0.25, 0.3) is 10.9 Å². The number of hydrogen-bond donors (Lipinski definition) is 0. The van der Waals surface area contributed by atoms with E-state index in [2.05, 4.69) is 9.47 Å². The summed E-state index contributed by atoms with van der Waals surface area (Å²) in [6.07, 6.45) is 0. The Hall–Kier alpha value is -0.690. The van der Waals surface area contributed by atoms with Gasteiger partial charge in [0.05, 0.1) is 31.4 Å². The predicted octanol–water partition coefficient (Wildman–Crippen LogP) is 4.27. The number of Topliss-reactive ketones (excluding diaryl/α,β-unsaturated/α-hetero) is 1. The molecule has 0 saturated carbocycles. The number of morpholine rings is 1. The maximum absolute atomic E-state index is 12.7. The van der Waals surface area contributed by atoms with Crippen molar-refractivity contribution in [2.24, 2.45) is 0 Å². The van der Waals surface area contributed by atoms with E-state index in [9.17, 15) is 4.79 Å². The summed E-state index contributed by atoms with van der Waals surface area (Å²) in [5, 5.41) is 0.736. The summed E-state index contributed by atoms with van der Waals surface area (Å²) >= 11 is 17.7. The normalized spacial score (nSPS) is 15.6. The molecule has 0 radical (unpaired) electrons. The number of nitrogens with zero attached hydrogens (tertiary/aromatic N) is 2. The number of methoxy groups -OCH3 is 1. The van der Waals surface area contributed by atoms with E-state index in [4.69, 9.17) is 44.3 Å². The van der Waals surface area contributed by atoms with Gasteiger partial charge in [-0.3, -0.25) is 9.69 Å². The van der Waals surface area contributed by atoms with Crippen LogP contribution in [0.2, 0.25) is 0 Å². The van der Waals surface area contributed by atoms with Crippen molar-refractivity contribution in [3.05, 3.63) is 29.5 Å². The SMILES string of the molecule is COc1cccc2c(C(=O)C(Cl)(Cl)Cl)c(C)n(CCN3CCOCC3)c12.Cl. The number of rotatable bonds is 5. The standard InChI is InChI=1S/C18H21Cl3N2O3.ClH/c1-12-15(17(24)18(19,20)21)13-4-3-5-14(25-2)16(13)23(12)7-6-22-8-10-26-11-9-22;/h3-5H,6-11H2,1-2H3;1H. The number of aromatic nitrogens is 1. The Morgan fingerprint density at radius 3 is 2.48 bits per heavy atom. The summed E-state index contributed by atoms with van der Waals surface area (Å²) in [4.78, 5) is 15.1. The number of para-hydroxylation sites is 1. The zero-order chi connectivity index (χ0) is 18.9. The molecule has 0 atom stereocenters. The first-order valence-electron chi connectivity index (χ1n) is 8.42. The maximum Gasteiger partial charge on any atom is 0.253 e. The van der Waals surface area contributed by atoms with Crippen molar-refractivity contribution < 1.29 is 14.3 Å². The number of fused-ring (bicyclic) bond motifs is 1. The monoisotopic (exact) mass is 454 g/mol. The Bertz CT molecular complexity index is 811. The average Bonchev–Trinajstić information content (AvgIpc) is 2.90. The van der Waals surface area contributed by atoms with Gasteiger partial charge in [0, 0.05) is 37.3 Å². The smallest absolute Gasteiger partial charge is 0.253 e. The van der Waals surface area contributed by atoms with Gasteiger partial charge in [-0.05, 0) is 13.0 Å². The fraction of sp³-hybridized carbons (Fsp3) is 0.500. The molecule has 0 aliphatic carbocycles. The van der Waals surface area contributed by atoms with Crippen LogP contribution in [0.5, 0.6) is 5.75 Å². The van der Waals surface area contributed by atoms with E-state index in [1.165, 1.54) is 0 Å². The summed E-state index contributed by atoms with van der Waals surface area (Å²) < 4.78 is 11.0. The highest BCUT2D eigenvalue weighted by Crippen LogP contribution is 2.38. The third-order valence-electron chi connectivity index (χ3n) is 4.75. The molecule has 3 rings (SSSR count). The van der Waals surface area contributed by atoms with E-state index in [0.717, 1.165) is 49.4 Å². The highest BCUT2D eigenvalue weighted by Gasteiger charge is 2.36. The number of carbonyl (C=O) groups excluding carboxylic acids is 1. The molecule has 1 aromatic carbocycles. The summed E-state index contributed by atoms with van der Waals surface area (Å²) in [6, 6.07) is 5.57. The van der Waals surface area contributed by atoms with Crippen molar-refractivity contribution in [3.63, 3.8) is 0 Å². The number of benzene rings is 1. The molecule has 1 fully saturated rings. The summed E-state index contributed by atoms with van der Waals surface area (Å²) in [5.41, 5.74) is 2.05. The van der Waals surface area contributed by atoms with Crippen molar-refractivity contribution >= 4 is 63.9 Å². The minimum Gasteiger partial charge on any atom is -0.495 e. The second kappa shape index (κ2) is 9.21. The Morgan fingerprint density at radius 2 is 1.89 bits per heavy atom. The van der Waals surface area contributed by atoms with Crippen LogP contribution in [0, 0.1) is 6.92 Å². The molecule has 1 aliphatic heterocycles. The summed E-state index contributed by atoms with van der Waals surface area (Å²) in [6.45, 7) is 6.70. The van der Waals surface area contributed by atoms with Gasteiger partial charge in [0.1, 0.15) is 5.75 Å². The summed E-state index contributed by atoms with van der Waals surface area (Å²) in [5.74, 6) is 0.166. The van der Waals surface area contributed by atoms with E-state index < -0.39 is 9.58 Å². The van der Waals surface area contributed by atoms with Gasteiger partial charge in [0.15, 0.2) is 0 Å². The highest BCUT2D eigenvalue weighted by molar-refractivity contribution is 6.77. The van der Waals surface area contributed by atoms with Gasteiger partial charge in [-0.15, -0.1) is 12.4 Å². The minimum absolute atomic E-state index is 0. The molecular formula is C18H22Cl4N2O3. The van der Waals surface area contributed by atoms with Crippen LogP contribution in [0.3, 0.4) is 0 Å². The highest BCUT2D eigenvalue weighted by atomic mass is 35.6. The molecule has 0 amide bonds. The van der Waals surface area contributed by atoms with Gasteiger partial charge in [0.25, 0.3) is 3.79 Å². The van der Waals surface area contributed by atoms with Crippen LogP contribution in [-0.2, 0) is 11.3 Å². The van der Waals surface area contributed by atoms with E-state index in [-0.39, 0.29) is 12.4 Å². The van der Waals surface area contributed by atoms with Crippen LogP contribution >= 0.6 is 47.2 Å². The number of alkyl halides is 3. The number of hydrogen-bond acceptors (Lipinski definition) is 4. The van der Waals surface area contributed by atoms with Gasteiger partial charge in [-0.25, -0.2) is 0 Å². The van der Waals surface area contributed by atoms with Crippen molar-refractivity contribution in [1.82, 2.24) is 9.47 Å². The molecule has 0 N–H and O–H groups in total. The molecule has 5 nitrogen and oxygen atoms in total. The third-order valence-corrected chi connectivity index (χ3v) is 5.27. The fourth-order valence-corrected chi connectivity index (χ4v) is 3.72. The molecule has 27 heavy (non-hydrogen) atoms. The first-order chi connectivity index (χ1) is 12.3. The van der Waals surface area contributed by atoms with Crippen LogP contribution in [-0.4, -0.2) is 59.0 Å². The molecule has 0 unspecified atom stereocenters. The van der Waals surface area contributed by atoms with E-state index in [1.807, 2.05) is 25.1 Å². The molecule has 0 spiro atoms.